The van der Waals surface area contributed by atoms with E-state index in [1.54, 1.807) is 24.3 Å². The van der Waals surface area contributed by atoms with Crippen molar-refractivity contribution >= 4 is 52.2 Å². The van der Waals surface area contributed by atoms with Crippen molar-refractivity contribution in [3.8, 4) is 0 Å². The minimum absolute atomic E-state index is 0.0191. The lowest BCUT2D eigenvalue weighted by atomic mass is 10.2. The summed E-state index contributed by atoms with van der Waals surface area (Å²) in [5, 5.41) is 18.7. The van der Waals surface area contributed by atoms with E-state index < -0.39 is 10.8 Å². The van der Waals surface area contributed by atoms with E-state index in [1.165, 1.54) is 23.0 Å². The molecule has 3 rings (SSSR count). The molecule has 1 N–H and O–H groups in total. The number of nitro benzene ring substituents is 1. The van der Waals surface area contributed by atoms with E-state index in [9.17, 15) is 14.9 Å². The van der Waals surface area contributed by atoms with E-state index in [0.717, 1.165) is 6.07 Å². The molecule has 1 heterocycles. The highest BCUT2D eigenvalue weighted by Gasteiger charge is 2.18. The number of nitrogens with one attached hydrogen (secondary N) is 1. The molecule has 0 spiro atoms. The highest BCUT2D eigenvalue weighted by atomic mass is 35.5. The Morgan fingerprint density at radius 2 is 1.81 bits per heavy atom. The van der Waals surface area contributed by atoms with Crippen LogP contribution in [0.25, 0.3) is 0 Å². The maximum absolute atomic E-state index is 12.5. The summed E-state index contributed by atoms with van der Waals surface area (Å²) in [5.41, 5.74) is 0.392. The normalized spacial score (nSPS) is 10.6. The van der Waals surface area contributed by atoms with Crippen molar-refractivity contribution in [2.45, 2.75) is 6.54 Å². The maximum atomic E-state index is 12.5. The number of benzene rings is 2. The van der Waals surface area contributed by atoms with Crippen LogP contribution in [0.15, 0.2) is 48.7 Å². The van der Waals surface area contributed by atoms with Gasteiger partial charge in [0.05, 0.1) is 28.3 Å². The van der Waals surface area contributed by atoms with E-state index >= 15 is 0 Å². The Labute approximate surface area is 168 Å². The van der Waals surface area contributed by atoms with Gasteiger partial charge in [0.15, 0.2) is 0 Å². The molecule has 1 amide bonds. The highest BCUT2D eigenvalue weighted by Crippen LogP contribution is 2.27. The van der Waals surface area contributed by atoms with Crippen molar-refractivity contribution in [2.24, 2.45) is 0 Å². The number of nitro groups is 1. The monoisotopic (exact) mass is 424 g/mol. The van der Waals surface area contributed by atoms with Gasteiger partial charge in [-0.2, -0.15) is 5.10 Å². The van der Waals surface area contributed by atoms with Gasteiger partial charge in [0.1, 0.15) is 5.82 Å². The van der Waals surface area contributed by atoms with Gasteiger partial charge in [-0.1, -0.05) is 40.9 Å². The van der Waals surface area contributed by atoms with Crippen molar-refractivity contribution in [3.05, 3.63) is 85.0 Å². The quantitative estimate of drug-likeness (QED) is 0.457. The van der Waals surface area contributed by atoms with Gasteiger partial charge in [0.2, 0.25) is 0 Å². The number of anilines is 1. The van der Waals surface area contributed by atoms with Gasteiger partial charge in [0.25, 0.3) is 11.6 Å². The van der Waals surface area contributed by atoms with Crippen LogP contribution in [-0.4, -0.2) is 20.6 Å². The Morgan fingerprint density at radius 3 is 2.48 bits per heavy atom. The molecule has 0 atom stereocenters. The standard InChI is InChI=1S/C17H11Cl3N4O3/c18-13-2-1-3-14(19)12(13)9-23-16(6-7-21-23)22-17(25)11-8-10(24(26)27)4-5-15(11)20/h1-8H,9H2,(H,22,25). The smallest absolute Gasteiger partial charge is 0.270 e. The summed E-state index contributed by atoms with van der Waals surface area (Å²) in [6.45, 7) is 0.226. The highest BCUT2D eigenvalue weighted by molar-refractivity contribution is 6.36. The zero-order chi connectivity index (χ0) is 19.6. The number of hydrogen-bond acceptors (Lipinski definition) is 4. The molecule has 0 fully saturated rings. The number of amides is 1. The molecule has 2 aromatic carbocycles. The lowest BCUT2D eigenvalue weighted by Crippen LogP contribution is -2.17. The first kappa shape index (κ1) is 19.2. The minimum atomic E-state index is -0.601. The van der Waals surface area contributed by atoms with Gasteiger partial charge < -0.3 is 5.32 Å². The summed E-state index contributed by atoms with van der Waals surface area (Å²) < 4.78 is 1.50. The molecule has 0 radical (unpaired) electrons. The topological polar surface area (TPSA) is 90.1 Å². The van der Waals surface area contributed by atoms with Crippen LogP contribution >= 0.6 is 34.8 Å². The fourth-order valence-electron chi connectivity index (χ4n) is 2.38. The second-order valence-electron chi connectivity index (χ2n) is 5.45. The van der Waals surface area contributed by atoms with Gasteiger partial charge in [-0.05, 0) is 18.2 Å². The third-order valence-electron chi connectivity index (χ3n) is 3.73. The fraction of sp³-hybridized carbons (Fsp3) is 0.0588. The summed E-state index contributed by atoms with van der Waals surface area (Å²) in [4.78, 5) is 22.9. The van der Waals surface area contributed by atoms with Gasteiger partial charge in [-0.15, -0.1) is 0 Å². The molecule has 7 nitrogen and oxygen atoms in total. The Kier molecular flexibility index (Phi) is 5.65. The second kappa shape index (κ2) is 7.96. The molecule has 27 heavy (non-hydrogen) atoms. The SMILES string of the molecule is O=C(Nc1ccnn1Cc1c(Cl)cccc1Cl)c1cc([N+](=O)[O-])ccc1Cl. The first-order valence-corrected chi connectivity index (χ1v) is 8.70. The molecular weight excluding hydrogens is 415 g/mol. The molecule has 1 aromatic heterocycles. The van der Waals surface area contributed by atoms with E-state index in [0.29, 0.717) is 21.4 Å². The summed E-state index contributed by atoms with van der Waals surface area (Å²) >= 11 is 18.4. The summed E-state index contributed by atoms with van der Waals surface area (Å²) in [6, 6.07) is 10.3. The van der Waals surface area contributed by atoms with Crippen molar-refractivity contribution in [2.75, 3.05) is 5.32 Å². The van der Waals surface area contributed by atoms with Crippen LogP contribution in [0.4, 0.5) is 11.5 Å². The van der Waals surface area contributed by atoms with Crippen LogP contribution in [0.3, 0.4) is 0 Å². The lowest BCUT2D eigenvalue weighted by molar-refractivity contribution is -0.384. The summed E-state index contributed by atoms with van der Waals surface area (Å²) in [6.07, 6.45) is 1.50. The summed E-state index contributed by atoms with van der Waals surface area (Å²) in [5.74, 6) is -0.241. The maximum Gasteiger partial charge on any atom is 0.270 e. The van der Waals surface area contributed by atoms with Crippen LogP contribution < -0.4 is 5.32 Å². The second-order valence-corrected chi connectivity index (χ2v) is 6.67. The third kappa shape index (κ3) is 4.21. The van der Waals surface area contributed by atoms with Crippen LogP contribution in [0.2, 0.25) is 15.1 Å². The molecule has 0 aliphatic carbocycles. The number of carbonyl (C=O) groups excluding carboxylic acids is 1. The number of rotatable bonds is 5. The molecular formula is C17H11Cl3N4O3. The predicted octanol–water partition coefficient (Wildman–Crippen LogP) is 5.05. The number of aromatic nitrogens is 2. The van der Waals surface area contributed by atoms with Crippen LogP contribution in [0.5, 0.6) is 0 Å². The molecule has 0 aliphatic heterocycles. The third-order valence-corrected chi connectivity index (χ3v) is 4.77. The number of halogens is 3. The van der Waals surface area contributed by atoms with Crippen LogP contribution in [-0.2, 0) is 6.54 Å². The average molecular weight is 426 g/mol. The lowest BCUT2D eigenvalue weighted by Gasteiger charge is -2.12. The summed E-state index contributed by atoms with van der Waals surface area (Å²) in [7, 11) is 0. The Hall–Kier alpha value is -2.61. The van der Waals surface area contributed by atoms with Gasteiger partial charge >= 0.3 is 0 Å². The molecule has 0 aliphatic rings. The first-order valence-electron chi connectivity index (χ1n) is 7.57. The molecule has 0 unspecified atom stereocenters. The Morgan fingerprint density at radius 1 is 1.11 bits per heavy atom. The zero-order valence-electron chi connectivity index (χ0n) is 13.5. The predicted molar refractivity (Wildman–Crippen MR) is 104 cm³/mol. The van der Waals surface area contributed by atoms with E-state index in [4.69, 9.17) is 34.8 Å². The Balaban J connectivity index is 1.86. The number of nitrogens with zero attached hydrogens (tertiary/aromatic N) is 3. The number of carbonyl (C=O) groups is 1. The Bertz CT molecular complexity index is 1020. The van der Waals surface area contributed by atoms with Crippen LogP contribution in [0, 0.1) is 10.1 Å². The molecule has 138 valence electrons. The fourth-order valence-corrected chi connectivity index (χ4v) is 3.10. The van der Waals surface area contributed by atoms with Crippen molar-refractivity contribution in [1.29, 1.82) is 0 Å². The van der Waals surface area contributed by atoms with Crippen molar-refractivity contribution < 1.29 is 9.72 Å². The van der Waals surface area contributed by atoms with Gasteiger partial charge in [0, 0.05) is 33.8 Å². The molecule has 0 bridgehead atoms. The molecule has 0 saturated heterocycles. The number of non-ortho nitro benzene ring substituents is 1. The minimum Gasteiger partial charge on any atom is -0.307 e. The van der Waals surface area contributed by atoms with Crippen LogP contribution in [0.1, 0.15) is 15.9 Å². The molecule has 10 heteroatoms. The van der Waals surface area contributed by atoms with E-state index in [-0.39, 0.29) is 22.8 Å². The van der Waals surface area contributed by atoms with Crippen molar-refractivity contribution in [3.63, 3.8) is 0 Å². The first-order chi connectivity index (χ1) is 12.9. The molecule has 0 saturated carbocycles. The van der Waals surface area contributed by atoms with Crippen molar-refractivity contribution in [1.82, 2.24) is 9.78 Å². The molecule has 3 aromatic rings. The van der Waals surface area contributed by atoms with Gasteiger partial charge in [-0.3, -0.25) is 14.9 Å². The van der Waals surface area contributed by atoms with E-state index in [2.05, 4.69) is 10.4 Å². The average Bonchev–Trinajstić information content (AvgIpc) is 3.05. The zero-order valence-corrected chi connectivity index (χ0v) is 15.8. The van der Waals surface area contributed by atoms with E-state index in [1.807, 2.05) is 0 Å². The van der Waals surface area contributed by atoms with Gasteiger partial charge in [-0.25, -0.2) is 4.68 Å². The largest absolute Gasteiger partial charge is 0.307 e. The number of hydrogen-bond donors (Lipinski definition) is 1.